The molecule has 7 rings (SSSR count). The summed E-state index contributed by atoms with van der Waals surface area (Å²) in [5.74, 6) is 1.70. The van der Waals surface area contributed by atoms with Gasteiger partial charge in [0.05, 0.1) is 33.8 Å². The second kappa shape index (κ2) is 23.0. The van der Waals surface area contributed by atoms with Gasteiger partial charge >= 0.3 is 12.1 Å². The van der Waals surface area contributed by atoms with Gasteiger partial charge in [-0.05, 0) is 91.6 Å². The molecule has 2 aromatic carbocycles. The zero-order valence-corrected chi connectivity index (χ0v) is 39.9. The van der Waals surface area contributed by atoms with Crippen molar-refractivity contribution in [1.29, 1.82) is 0 Å². The van der Waals surface area contributed by atoms with E-state index in [-0.39, 0.29) is 35.3 Å². The highest BCUT2D eigenvalue weighted by Crippen LogP contribution is 2.37. The van der Waals surface area contributed by atoms with Crippen LogP contribution in [-0.4, -0.2) is 111 Å². The molecule has 61 heavy (non-hydrogen) atoms. The highest BCUT2D eigenvalue weighted by molar-refractivity contribution is 6.74. The summed E-state index contributed by atoms with van der Waals surface area (Å²) in [5, 5.41) is 17.3. The Morgan fingerprint density at radius 1 is 0.689 bits per heavy atom. The van der Waals surface area contributed by atoms with E-state index in [1.165, 1.54) is 25.1 Å². The van der Waals surface area contributed by atoms with E-state index < -0.39 is 8.32 Å². The number of carbonyl (C=O) groups excluding carboxylic acids is 2. The zero-order chi connectivity index (χ0) is 43.5. The number of rotatable bonds is 6. The first kappa shape index (κ1) is 49.8. The molecule has 2 aromatic heterocycles. The largest absolute Gasteiger partial charge is 0.542 e. The van der Waals surface area contributed by atoms with Gasteiger partial charge in [0.15, 0.2) is 0 Å². The van der Waals surface area contributed by atoms with E-state index in [1.54, 1.807) is 46.3 Å². The molecule has 19 heteroatoms. The van der Waals surface area contributed by atoms with Gasteiger partial charge in [0.1, 0.15) is 23.1 Å². The second-order valence-electron chi connectivity index (χ2n) is 16.0. The average Bonchev–Trinajstić information content (AvgIpc) is 3.80. The molecule has 0 saturated carbocycles. The fourth-order valence-electron chi connectivity index (χ4n) is 6.09. The molecule has 3 fully saturated rings. The maximum atomic E-state index is 12.7. The van der Waals surface area contributed by atoms with E-state index in [4.69, 9.17) is 55.6 Å². The minimum Gasteiger partial charge on any atom is -0.542 e. The Morgan fingerprint density at radius 2 is 1.13 bits per heavy atom. The molecule has 0 radical (unpaired) electrons. The lowest BCUT2D eigenvalue weighted by Crippen LogP contribution is -2.50. The molecule has 0 atom stereocenters. The van der Waals surface area contributed by atoms with Crippen LogP contribution in [0, 0.1) is 0 Å². The number of benzene rings is 2. The smallest absolute Gasteiger partial charge is 0.323 e. The van der Waals surface area contributed by atoms with E-state index in [1.807, 2.05) is 24.3 Å². The Balaban J connectivity index is 0.000000242. The predicted octanol–water partition coefficient (Wildman–Crippen LogP) is 10.8. The van der Waals surface area contributed by atoms with E-state index >= 15 is 0 Å². The fraction of sp³-hybridized carbons (Fsp3) is 0.429. The number of aromatic nitrogens is 2. The van der Waals surface area contributed by atoms with Crippen LogP contribution in [0.1, 0.15) is 33.6 Å². The number of piperazine rings is 2. The van der Waals surface area contributed by atoms with E-state index in [0.29, 0.717) is 84.1 Å². The van der Waals surface area contributed by atoms with Gasteiger partial charge in [-0.3, -0.25) is 10.6 Å². The van der Waals surface area contributed by atoms with Gasteiger partial charge in [-0.25, -0.2) is 19.6 Å². The number of anilines is 4. The number of urea groups is 2. The summed E-state index contributed by atoms with van der Waals surface area (Å²) in [6, 6.07) is 17.2. The van der Waals surface area contributed by atoms with Crippen LogP contribution in [0.25, 0.3) is 0 Å². The quantitative estimate of drug-likeness (QED) is 0.161. The van der Waals surface area contributed by atoms with Crippen LogP contribution in [-0.2, 0) is 4.74 Å². The fourth-order valence-corrected chi connectivity index (χ4v) is 8.16. The molecule has 13 nitrogen and oxygen atoms in total. The third-order valence-corrected chi connectivity index (χ3v) is 16.0. The van der Waals surface area contributed by atoms with Gasteiger partial charge in [-0.1, -0.05) is 67.2 Å². The Bertz CT molecular complexity index is 2020. The molecule has 4 aromatic rings. The van der Waals surface area contributed by atoms with Crippen LogP contribution in [0.15, 0.2) is 73.1 Å². The molecular formula is C42H55Cl5N8O5Si. The molecular weight excluding hydrogens is 902 g/mol. The van der Waals surface area contributed by atoms with Crippen LogP contribution in [0.4, 0.5) is 32.6 Å². The number of pyridine rings is 2. The molecule has 3 saturated heterocycles. The monoisotopic (exact) mass is 954 g/mol. The van der Waals surface area contributed by atoms with Gasteiger partial charge in [0.25, 0.3) is 8.32 Å². The summed E-state index contributed by atoms with van der Waals surface area (Å²) in [5.41, 5.74) is 1.85. The Kier molecular flexibility index (Phi) is 18.7. The highest BCUT2D eigenvalue weighted by atomic mass is 35.5. The number of nitrogens with zero attached hydrogens (tertiary/aromatic N) is 6. The van der Waals surface area contributed by atoms with Crippen molar-refractivity contribution in [3.8, 4) is 11.5 Å². The summed E-state index contributed by atoms with van der Waals surface area (Å²) in [6.45, 7) is 18.1. The highest BCUT2D eigenvalue weighted by Gasteiger charge is 2.39. The van der Waals surface area contributed by atoms with Crippen LogP contribution < -0.4 is 24.9 Å². The molecule has 3 aliphatic rings. The van der Waals surface area contributed by atoms with Crippen molar-refractivity contribution in [2.45, 2.75) is 51.7 Å². The van der Waals surface area contributed by atoms with Crippen LogP contribution in [0.2, 0.25) is 38.2 Å². The first-order chi connectivity index (χ1) is 28.5. The maximum Gasteiger partial charge on any atom is 0.323 e. The summed E-state index contributed by atoms with van der Waals surface area (Å²) in [7, 11) is -1.92. The van der Waals surface area contributed by atoms with Crippen molar-refractivity contribution >= 4 is 102 Å². The number of hydrogen-bond donors (Lipinski definition) is 3. The zero-order valence-electron chi connectivity index (χ0n) is 35.1. The molecule has 3 N–H and O–H groups in total. The molecule has 0 unspecified atom stereocenters. The van der Waals surface area contributed by atoms with Gasteiger partial charge in [0, 0.05) is 75.6 Å². The lowest BCUT2D eigenvalue weighted by atomic mass is 10.2. The topological polar surface area (TPSA) is 136 Å². The summed E-state index contributed by atoms with van der Waals surface area (Å²) in [6.07, 6.45) is 5.52. The Morgan fingerprint density at radius 3 is 1.48 bits per heavy atom. The summed E-state index contributed by atoms with van der Waals surface area (Å²) >= 11 is 24.5. The number of carbonyl (C=O) groups is 2. The molecule has 332 valence electrons. The third-order valence-electron chi connectivity index (χ3n) is 10.6. The Labute approximate surface area is 386 Å². The van der Waals surface area contributed by atoms with Crippen molar-refractivity contribution in [1.82, 2.24) is 19.8 Å². The first-order valence-electron chi connectivity index (χ1n) is 19.9. The summed E-state index contributed by atoms with van der Waals surface area (Å²) < 4.78 is 11.2. The van der Waals surface area contributed by atoms with Gasteiger partial charge in [-0.15, -0.1) is 12.4 Å². The Hall–Kier alpha value is -3.89. The van der Waals surface area contributed by atoms with E-state index in [9.17, 15) is 14.7 Å². The van der Waals surface area contributed by atoms with Crippen molar-refractivity contribution in [2.24, 2.45) is 0 Å². The van der Waals surface area contributed by atoms with Gasteiger partial charge in [0.2, 0.25) is 0 Å². The molecule has 0 aliphatic carbocycles. The number of aromatic hydroxyl groups is 1. The number of ether oxygens (including phenoxy) is 1. The van der Waals surface area contributed by atoms with Gasteiger partial charge < -0.3 is 33.9 Å². The number of nitrogens with one attached hydrogen (secondary N) is 2. The number of amides is 4. The average molecular weight is 957 g/mol. The molecule has 5 heterocycles. The normalized spacial score (nSPS) is 15.4. The predicted molar refractivity (Wildman–Crippen MR) is 254 cm³/mol. The number of hydrogen-bond acceptors (Lipinski definition) is 9. The molecule has 0 bridgehead atoms. The third kappa shape index (κ3) is 14.9. The minimum absolute atomic E-state index is 0. The maximum absolute atomic E-state index is 12.7. The first-order valence-corrected chi connectivity index (χ1v) is 24.3. The molecule has 4 amide bonds. The molecule has 3 aliphatic heterocycles. The second-order valence-corrected chi connectivity index (χ2v) is 22.4. The van der Waals surface area contributed by atoms with Crippen LogP contribution >= 0.6 is 58.8 Å². The van der Waals surface area contributed by atoms with Crippen molar-refractivity contribution in [3.05, 3.63) is 93.1 Å². The standard InChI is InChI=1S/C22H30Cl2N4O2Si.C16H16Cl2N4O2.C4H8O.ClH/c1-22(2,3)31(4,5)30-17-7-9-20(25-15-17)26-21(29)28-12-10-27(11-13-28)19-8-6-16(23)14-18(19)24;17-11-1-3-14(13(18)9-11)21-5-7-22(8-6-21)16(24)20-15-4-2-12(23)10-19-15;1-2-4-5-3-1;/h6-9,14-15H,10-13H2,1-5H3,(H,25,26,29);1-4,9-10,23H,5-8H2,(H,19,20,24);1-4H2;1H. The van der Waals surface area contributed by atoms with Gasteiger partial charge in [-0.2, -0.15) is 0 Å². The minimum atomic E-state index is -1.92. The molecule has 0 spiro atoms. The number of halogens is 5. The SMILES string of the molecule is C1CCOC1.CC(C)(C)[Si](C)(C)Oc1ccc(NC(=O)N2CCN(c3ccc(Cl)cc3Cl)CC2)nc1.Cl.O=C(Nc1ccc(O)cn1)N1CCN(c2ccc(Cl)cc2Cl)CC1. The lowest BCUT2D eigenvalue weighted by Gasteiger charge is -2.36. The lowest BCUT2D eigenvalue weighted by molar-refractivity contribution is 0.198. The van der Waals surface area contributed by atoms with Crippen LogP contribution in [0.5, 0.6) is 11.5 Å². The van der Waals surface area contributed by atoms with E-state index in [2.05, 4.69) is 64.3 Å². The van der Waals surface area contributed by atoms with Crippen molar-refractivity contribution in [3.63, 3.8) is 0 Å². The van der Waals surface area contributed by atoms with Crippen LogP contribution in [0.3, 0.4) is 0 Å². The van der Waals surface area contributed by atoms with Crippen molar-refractivity contribution < 1.29 is 23.9 Å². The van der Waals surface area contributed by atoms with E-state index in [0.717, 1.165) is 30.3 Å². The van der Waals surface area contributed by atoms with Crippen molar-refractivity contribution in [2.75, 3.05) is 86.0 Å². The summed E-state index contributed by atoms with van der Waals surface area (Å²) in [4.78, 5) is 41.0.